The molecule has 4 rings (SSSR count). The summed E-state index contributed by atoms with van der Waals surface area (Å²) >= 11 is 0. The highest BCUT2D eigenvalue weighted by atomic mass is 32.2. The van der Waals surface area contributed by atoms with Gasteiger partial charge in [0.05, 0.1) is 16.6 Å². The van der Waals surface area contributed by atoms with E-state index in [0.717, 1.165) is 16.7 Å². The fourth-order valence-electron chi connectivity index (χ4n) is 3.62. The Hall–Kier alpha value is -3.97. The SMILES string of the molecule is Cc1ccc(N(C)S(=O)(=O)c2cccc(C(=O)NC(c3ccccc3)c3ccncc3)c2)cc1. The Morgan fingerprint density at radius 3 is 2.18 bits per heavy atom. The number of amides is 1. The van der Waals surface area contributed by atoms with Crippen LogP contribution in [-0.4, -0.2) is 26.4 Å². The molecule has 0 aliphatic rings. The minimum absolute atomic E-state index is 0.0448. The first-order valence-electron chi connectivity index (χ1n) is 10.8. The van der Waals surface area contributed by atoms with Gasteiger partial charge in [0.1, 0.15) is 0 Å². The number of carbonyl (C=O) groups is 1. The van der Waals surface area contributed by atoms with Crippen molar-refractivity contribution >= 4 is 21.6 Å². The lowest BCUT2D eigenvalue weighted by molar-refractivity contribution is 0.0942. The molecule has 6 nitrogen and oxygen atoms in total. The van der Waals surface area contributed by atoms with Crippen LogP contribution in [0.5, 0.6) is 0 Å². The van der Waals surface area contributed by atoms with Crippen LogP contribution in [0, 0.1) is 6.92 Å². The summed E-state index contributed by atoms with van der Waals surface area (Å²) in [4.78, 5) is 17.3. The quantitative estimate of drug-likeness (QED) is 0.422. The maximum atomic E-state index is 13.2. The molecule has 0 fully saturated rings. The van der Waals surface area contributed by atoms with Crippen molar-refractivity contribution in [3.63, 3.8) is 0 Å². The summed E-state index contributed by atoms with van der Waals surface area (Å²) in [5.41, 5.74) is 3.62. The lowest BCUT2D eigenvalue weighted by Crippen LogP contribution is -2.30. The molecule has 4 aromatic rings. The van der Waals surface area contributed by atoms with Gasteiger partial charge in [-0.15, -0.1) is 0 Å². The molecule has 1 N–H and O–H groups in total. The van der Waals surface area contributed by atoms with Crippen molar-refractivity contribution in [3.05, 3.63) is 126 Å². The van der Waals surface area contributed by atoms with Crippen LogP contribution in [0.1, 0.15) is 33.1 Å². The van der Waals surface area contributed by atoms with Crippen molar-refractivity contribution in [2.45, 2.75) is 17.9 Å². The Morgan fingerprint density at radius 1 is 0.853 bits per heavy atom. The third-order valence-electron chi connectivity index (χ3n) is 5.60. The third kappa shape index (κ3) is 5.00. The first-order valence-corrected chi connectivity index (χ1v) is 12.2. The average Bonchev–Trinajstić information content (AvgIpc) is 2.88. The van der Waals surface area contributed by atoms with Gasteiger partial charge in [0.15, 0.2) is 0 Å². The molecule has 1 unspecified atom stereocenters. The van der Waals surface area contributed by atoms with E-state index in [0.29, 0.717) is 5.69 Å². The monoisotopic (exact) mass is 471 g/mol. The van der Waals surface area contributed by atoms with Crippen molar-refractivity contribution in [2.24, 2.45) is 0 Å². The highest BCUT2D eigenvalue weighted by Gasteiger charge is 2.23. The van der Waals surface area contributed by atoms with E-state index in [2.05, 4.69) is 10.3 Å². The van der Waals surface area contributed by atoms with Gasteiger partial charge in [-0.3, -0.25) is 14.1 Å². The molecule has 7 heteroatoms. The van der Waals surface area contributed by atoms with Crippen LogP contribution in [0.4, 0.5) is 5.69 Å². The number of benzene rings is 3. The van der Waals surface area contributed by atoms with Gasteiger partial charge in [0.2, 0.25) is 0 Å². The number of anilines is 1. The van der Waals surface area contributed by atoms with Gasteiger partial charge in [-0.05, 0) is 60.5 Å². The summed E-state index contributed by atoms with van der Waals surface area (Å²) in [6.07, 6.45) is 3.34. The number of pyridine rings is 1. The molecule has 0 radical (unpaired) electrons. The smallest absolute Gasteiger partial charge is 0.264 e. The Bertz CT molecular complexity index is 1330. The van der Waals surface area contributed by atoms with Crippen LogP contribution in [0.3, 0.4) is 0 Å². The van der Waals surface area contributed by atoms with Gasteiger partial charge in [0.25, 0.3) is 15.9 Å². The van der Waals surface area contributed by atoms with Crippen molar-refractivity contribution in [2.75, 3.05) is 11.4 Å². The molecule has 0 spiro atoms. The lowest BCUT2D eigenvalue weighted by Gasteiger charge is -2.21. The normalized spacial score (nSPS) is 12.1. The van der Waals surface area contributed by atoms with Crippen LogP contribution in [0.15, 0.2) is 108 Å². The molecule has 1 amide bonds. The summed E-state index contributed by atoms with van der Waals surface area (Å²) in [5.74, 6) is -0.374. The van der Waals surface area contributed by atoms with Crippen molar-refractivity contribution in [1.82, 2.24) is 10.3 Å². The fraction of sp³-hybridized carbons (Fsp3) is 0.111. The highest BCUT2D eigenvalue weighted by molar-refractivity contribution is 7.92. The summed E-state index contributed by atoms with van der Waals surface area (Å²) in [6, 6.07) is 26.2. The fourth-order valence-corrected chi connectivity index (χ4v) is 4.87. The molecule has 0 saturated heterocycles. The van der Waals surface area contributed by atoms with Crippen molar-refractivity contribution in [3.8, 4) is 0 Å². The van der Waals surface area contributed by atoms with E-state index >= 15 is 0 Å². The molecular weight excluding hydrogens is 446 g/mol. The van der Waals surface area contributed by atoms with Crippen LogP contribution < -0.4 is 9.62 Å². The summed E-state index contributed by atoms with van der Waals surface area (Å²) in [7, 11) is -2.35. The van der Waals surface area contributed by atoms with Crippen LogP contribution in [-0.2, 0) is 10.0 Å². The van der Waals surface area contributed by atoms with E-state index in [1.165, 1.54) is 23.5 Å². The van der Waals surface area contributed by atoms with Crippen molar-refractivity contribution < 1.29 is 13.2 Å². The van der Waals surface area contributed by atoms with E-state index < -0.39 is 16.1 Å². The standard InChI is InChI=1S/C27H25N3O3S/c1-20-11-13-24(14-12-20)30(2)34(32,33)25-10-6-9-23(19-25)27(31)29-26(21-7-4-3-5-8-21)22-15-17-28-18-16-22/h3-19,26H,1-2H3,(H,29,31). The van der Waals surface area contributed by atoms with Gasteiger partial charge in [-0.1, -0.05) is 54.1 Å². The molecule has 172 valence electrons. The van der Waals surface area contributed by atoms with E-state index in [1.807, 2.05) is 61.5 Å². The Kier molecular flexibility index (Phi) is 6.75. The molecule has 1 atom stereocenters. The van der Waals surface area contributed by atoms with Gasteiger partial charge < -0.3 is 5.32 Å². The molecule has 1 aromatic heterocycles. The number of aryl methyl sites for hydroxylation is 1. The zero-order valence-corrected chi connectivity index (χ0v) is 19.7. The summed E-state index contributed by atoms with van der Waals surface area (Å²) in [5, 5.41) is 3.04. The third-order valence-corrected chi connectivity index (χ3v) is 7.38. The topological polar surface area (TPSA) is 79.4 Å². The zero-order valence-electron chi connectivity index (χ0n) is 18.9. The predicted octanol–water partition coefficient (Wildman–Crippen LogP) is 4.73. The first kappa shape index (κ1) is 23.2. The summed E-state index contributed by atoms with van der Waals surface area (Å²) < 4.78 is 27.7. The molecule has 0 aliphatic carbocycles. The number of carbonyl (C=O) groups excluding carboxylic acids is 1. The minimum Gasteiger partial charge on any atom is -0.341 e. The zero-order chi connectivity index (χ0) is 24.1. The number of aromatic nitrogens is 1. The number of hydrogen-bond acceptors (Lipinski definition) is 4. The molecule has 34 heavy (non-hydrogen) atoms. The highest BCUT2D eigenvalue weighted by Crippen LogP contribution is 2.25. The first-order chi connectivity index (χ1) is 16.4. The average molecular weight is 472 g/mol. The Labute approximate surface area is 200 Å². The Balaban J connectivity index is 1.62. The van der Waals surface area contributed by atoms with E-state index in [1.54, 1.807) is 36.7 Å². The maximum Gasteiger partial charge on any atom is 0.264 e. The van der Waals surface area contributed by atoms with E-state index in [9.17, 15) is 13.2 Å². The molecule has 0 bridgehead atoms. The van der Waals surface area contributed by atoms with Gasteiger partial charge in [0, 0.05) is 25.0 Å². The van der Waals surface area contributed by atoms with Gasteiger partial charge in [-0.2, -0.15) is 0 Å². The summed E-state index contributed by atoms with van der Waals surface area (Å²) in [6.45, 7) is 1.94. The molecular formula is C27H25N3O3S. The molecule has 3 aromatic carbocycles. The predicted molar refractivity (Wildman–Crippen MR) is 133 cm³/mol. The number of rotatable bonds is 7. The number of hydrogen-bond donors (Lipinski definition) is 1. The molecule has 0 aliphatic heterocycles. The van der Waals surface area contributed by atoms with Crippen LogP contribution >= 0.6 is 0 Å². The molecule has 0 saturated carbocycles. The minimum atomic E-state index is -3.85. The lowest BCUT2D eigenvalue weighted by atomic mass is 9.99. The number of sulfonamides is 1. The second kappa shape index (κ2) is 9.89. The van der Waals surface area contributed by atoms with Gasteiger partial charge >= 0.3 is 0 Å². The Morgan fingerprint density at radius 2 is 1.50 bits per heavy atom. The van der Waals surface area contributed by atoms with Crippen molar-refractivity contribution in [1.29, 1.82) is 0 Å². The maximum absolute atomic E-state index is 13.2. The van der Waals surface area contributed by atoms with Crippen LogP contribution in [0.25, 0.3) is 0 Å². The largest absolute Gasteiger partial charge is 0.341 e. The van der Waals surface area contributed by atoms with Gasteiger partial charge in [-0.25, -0.2) is 8.42 Å². The molecule has 1 heterocycles. The second-order valence-corrected chi connectivity index (χ2v) is 9.90. The number of nitrogens with zero attached hydrogens (tertiary/aromatic N) is 2. The van der Waals surface area contributed by atoms with E-state index in [4.69, 9.17) is 0 Å². The number of nitrogens with one attached hydrogen (secondary N) is 1. The van der Waals surface area contributed by atoms with Crippen LogP contribution in [0.2, 0.25) is 0 Å². The second-order valence-electron chi connectivity index (χ2n) is 7.93. The van der Waals surface area contributed by atoms with E-state index in [-0.39, 0.29) is 16.4 Å².